The summed E-state index contributed by atoms with van der Waals surface area (Å²) in [5, 5.41) is 9.68. The molecule has 1 atom stereocenters. The third-order valence-electron chi connectivity index (χ3n) is 3.64. The second kappa shape index (κ2) is 10.2. The maximum atomic E-state index is 12.0. The van der Waals surface area contributed by atoms with Crippen LogP contribution in [0.5, 0.6) is 0 Å². The van der Waals surface area contributed by atoms with E-state index >= 15 is 0 Å². The molecule has 1 aliphatic rings. The van der Waals surface area contributed by atoms with E-state index in [9.17, 15) is 4.79 Å². The van der Waals surface area contributed by atoms with Crippen molar-refractivity contribution in [3.63, 3.8) is 0 Å². The molecule has 1 aliphatic heterocycles. The lowest BCUT2D eigenvalue weighted by Gasteiger charge is -2.13. The molecule has 1 aromatic rings. The van der Waals surface area contributed by atoms with Crippen LogP contribution in [-0.2, 0) is 4.74 Å². The first kappa shape index (κ1) is 18.5. The van der Waals surface area contributed by atoms with E-state index < -0.39 is 0 Å². The summed E-state index contributed by atoms with van der Waals surface area (Å²) in [7, 11) is 0. The molecule has 1 fully saturated rings. The molecular formula is C17H25ClN4O2. The molecule has 24 heavy (non-hydrogen) atoms. The molecule has 2 rings (SSSR count). The number of amides is 1. The van der Waals surface area contributed by atoms with E-state index in [1.807, 2.05) is 6.92 Å². The van der Waals surface area contributed by atoms with Crippen molar-refractivity contribution in [1.29, 1.82) is 0 Å². The van der Waals surface area contributed by atoms with Gasteiger partial charge in [0, 0.05) is 26.2 Å². The minimum Gasteiger partial charge on any atom is -0.376 e. The number of halogens is 1. The van der Waals surface area contributed by atoms with Crippen molar-refractivity contribution in [2.45, 2.75) is 25.9 Å². The van der Waals surface area contributed by atoms with Crippen molar-refractivity contribution in [2.24, 2.45) is 4.99 Å². The number of hydrogen-bond acceptors (Lipinski definition) is 3. The molecular weight excluding hydrogens is 328 g/mol. The van der Waals surface area contributed by atoms with Crippen LogP contribution in [0.15, 0.2) is 29.3 Å². The van der Waals surface area contributed by atoms with Gasteiger partial charge >= 0.3 is 0 Å². The summed E-state index contributed by atoms with van der Waals surface area (Å²) in [4.78, 5) is 16.6. The number of aliphatic imine (C=N–C) groups is 1. The molecule has 0 radical (unpaired) electrons. The highest BCUT2D eigenvalue weighted by Crippen LogP contribution is 2.14. The molecule has 6 nitrogen and oxygen atoms in total. The van der Waals surface area contributed by atoms with Crippen LogP contribution >= 0.6 is 11.6 Å². The van der Waals surface area contributed by atoms with Gasteiger partial charge in [-0.15, -0.1) is 0 Å². The first-order valence-corrected chi connectivity index (χ1v) is 8.75. The standard InChI is InChI=1S/C17H25ClN4O2/c1-2-19-17(22-12-13-6-5-11-24-13)21-10-9-20-16(23)14-7-3-4-8-15(14)18/h3-4,7-8,13H,2,5-6,9-12H2,1H3,(H,20,23)(H2,19,21,22). The molecule has 1 aromatic carbocycles. The molecule has 1 unspecified atom stereocenters. The van der Waals surface area contributed by atoms with Gasteiger partial charge in [-0.05, 0) is 31.9 Å². The molecule has 0 saturated carbocycles. The highest BCUT2D eigenvalue weighted by molar-refractivity contribution is 6.33. The van der Waals surface area contributed by atoms with E-state index in [1.165, 1.54) is 0 Å². The van der Waals surface area contributed by atoms with Gasteiger partial charge in [-0.25, -0.2) is 0 Å². The lowest BCUT2D eigenvalue weighted by Crippen LogP contribution is -2.42. The van der Waals surface area contributed by atoms with Crippen LogP contribution in [0.2, 0.25) is 5.02 Å². The van der Waals surface area contributed by atoms with Crippen LogP contribution < -0.4 is 16.0 Å². The number of carbonyl (C=O) groups excluding carboxylic acids is 1. The molecule has 3 N–H and O–H groups in total. The van der Waals surface area contributed by atoms with Gasteiger partial charge in [0.2, 0.25) is 0 Å². The fourth-order valence-electron chi connectivity index (χ4n) is 2.42. The lowest BCUT2D eigenvalue weighted by molar-refractivity contribution is 0.0954. The molecule has 132 valence electrons. The first-order valence-electron chi connectivity index (χ1n) is 8.37. The summed E-state index contributed by atoms with van der Waals surface area (Å²) in [6.07, 6.45) is 2.40. The Balaban J connectivity index is 1.73. The molecule has 0 aromatic heterocycles. The molecule has 1 saturated heterocycles. The summed E-state index contributed by atoms with van der Waals surface area (Å²) in [5.41, 5.74) is 0.484. The number of ether oxygens (including phenoxy) is 1. The molecule has 0 aliphatic carbocycles. The van der Waals surface area contributed by atoms with Crippen molar-refractivity contribution in [2.75, 3.05) is 32.8 Å². The number of benzene rings is 1. The fraction of sp³-hybridized carbons (Fsp3) is 0.529. The zero-order valence-electron chi connectivity index (χ0n) is 14.0. The Bertz CT molecular complexity index is 559. The average Bonchev–Trinajstić information content (AvgIpc) is 3.10. The van der Waals surface area contributed by atoms with Gasteiger partial charge in [-0.2, -0.15) is 0 Å². The predicted octanol–water partition coefficient (Wildman–Crippen LogP) is 1.80. The van der Waals surface area contributed by atoms with Crippen molar-refractivity contribution in [3.05, 3.63) is 34.9 Å². The molecule has 0 spiro atoms. The van der Waals surface area contributed by atoms with Crippen molar-refractivity contribution >= 4 is 23.5 Å². The summed E-state index contributed by atoms with van der Waals surface area (Å²) in [6, 6.07) is 7.00. The van der Waals surface area contributed by atoms with Crippen LogP contribution in [0.1, 0.15) is 30.1 Å². The predicted molar refractivity (Wildman–Crippen MR) is 96.7 cm³/mol. The Hall–Kier alpha value is -1.79. The Morgan fingerprint density at radius 3 is 2.79 bits per heavy atom. The van der Waals surface area contributed by atoms with E-state index in [0.29, 0.717) is 30.2 Å². The zero-order valence-corrected chi connectivity index (χ0v) is 14.7. The van der Waals surface area contributed by atoms with Crippen LogP contribution in [0, 0.1) is 0 Å². The number of nitrogens with zero attached hydrogens (tertiary/aromatic N) is 1. The van der Waals surface area contributed by atoms with Crippen LogP contribution in [0.3, 0.4) is 0 Å². The summed E-state index contributed by atoms with van der Waals surface area (Å²) in [6.45, 7) is 5.34. The minimum atomic E-state index is -0.177. The Labute approximate surface area is 148 Å². The maximum absolute atomic E-state index is 12.0. The number of hydrogen-bond donors (Lipinski definition) is 3. The minimum absolute atomic E-state index is 0.177. The van der Waals surface area contributed by atoms with Crippen LogP contribution in [-0.4, -0.2) is 50.8 Å². The van der Waals surface area contributed by atoms with Gasteiger partial charge in [0.05, 0.1) is 23.2 Å². The third-order valence-corrected chi connectivity index (χ3v) is 3.97. The molecule has 1 amide bonds. The van der Waals surface area contributed by atoms with Gasteiger partial charge < -0.3 is 20.7 Å². The Morgan fingerprint density at radius 2 is 2.08 bits per heavy atom. The summed E-state index contributed by atoms with van der Waals surface area (Å²) >= 11 is 6.01. The maximum Gasteiger partial charge on any atom is 0.252 e. The van der Waals surface area contributed by atoms with Gasteiger partial charge in [0.25, 0.3) is 5.91 Å². The zero-order chi connectivity index (χ0) is 17.2. The Morgan fingerprint density at radius 1 is 1.29 bits per heavy atom. The van der Waals surface area contributed by atoms with Crippen molar-refractivity contribution in [1.82, 2.24) is 16.0 Å². The van der Waals surface area contributed by atoms with E-state index in [-0.39, 0.29) is 12.0 Å². The largest absolute Gasteiger partial charge is 0.376 e. The SMILES string of the molecule is CCNC(=NCC1CCCO1)NCCNC(=O)c1ccccc1Cl. The van der Waals surface area contributed by atoms with Crippen LogP contribution in [0.25, 0.3) is 0 Å². The Kier molecular flexibility index (Phi) is 7.85. The molecule has 7 heteroatoms. The van der Waals surface area contributed by atoms with E-state index in [1.54, 1.807) is 24.3 Å². The second-order valence-corrected chi connectivity index (χ2v) is 5.92. The number of carbonyl (C=O) groups is 1. The monoisotopic (exact) mass is 352 g/mol. The van der Waals surface area contributed by atoms with E-state index in [2.05, 4.69) is 20.9 Å². The number of nitrogens with one attached hydrogen (secondary N) is 3. The van der Waals surface area contributed by atoms with Gasteiger partial charge in [0.1, 0.15) is 0 Å². The highest BCUT2D eigenvalue weighted by Gasteiger charge is 2.14. The second-order valence-electron chi connectivity index (χ2n) is 5.52. The lowest BCUT2D eigenvalue weighted by atomic mass is 10.2. The highest BCUT2D eigenvalue weighted by atomic mass is 35.5. The fourth-order valence-corrected chi connectivity index (χ4v) is 2.64. The number of rotatable bonds is 7. The average molecular weight is 353 g/mol. The van der Waals surface area contributed by atoms with Crippen molar-refractivity contribution < 1.29 is 9.53 Å². The van der Waals surface area contributed by atoms with Gasteiger partial charge in [-0.3, -0.25) is 9.79 Å². The summed E-state index contributed by atoms with van der Waals surface area (Å²) < 4.78 is 5.57. The first-order chi connectivity index (χ1) is 11.7. The molecule has 1 heterocycles. The van der Waals surface area contributed by atoms with Gasteiger partial charge in [0.15, 0.2) is 5.96 Å². The quantitative estimate of drug-likeness (QED) is 0.397. The van der Waals surface area contributed by atoms with Gasteiger partial charge in [-0.1, -0.05) is 23.7 Å². The van der Waals surface area contributed by atoms with E-state index in [0.717, 1.165) is 32.0 Å². The molecule has 0 bridgehead atoms. The third kappa shape index (κ3) is 6.02. The summed E-state index contributed by atoms with van der Waals surface area (Å²) in [5.74, 6) is 0.559. The topological polar surface area (TPSA) is 74.8 Å². The number of guanidine groups is 1. The van der Waals surface area contributed by atoms with Crippen molar-refractivity contribution in [3.8, 4) is 0 Å². The normalized spacial score (nSPS) is 17.6. The van der Waals surface area contributed by atoms with E-state index in [4.69, 9.17) is 16.3 Å². The van der Waals surface area contributed by atoms with Crippen LogP contribution in [0.4, 0.5) is 0 Å². The smallest absolute Gasteiger partial charge is 0.252 e.